The maximum atomic E-state index is 14.5. The molecule has 1 N–H and O–H groups in total. The van der Waals surface area contributed by atoms with Crippen LogP contribution in [0.3, 0.4) is 0 Å². The molecule has 2 rings (SSSR count). The lowest BCUT2D eigenvalue weighted by atomic mass is 9.98. The molecular weight excluding hydrogens is 307 g/mol. The summed E-state index contributed by atoms with van der Waals surface area (Å²) in [5, 5.41) is 3.34. The summed E-state index contributed by atoms with van der Waals surface area (Å²) in [4.78, 5) is 2.35. The van der Waals surface area contributed by atoms with Crippen LogP contribution in [0.4, 0.5) is 4.39 Å². The minimum absolute atomic E-state index is 0. The molecule has 0 amide bonds. The molecular formula is C16H26ClFN2O2. The average molecular weight is 333 g/mol. The predicted octanol–water partition coefficient (Wildman–Crippen LogP) is 3.01. The van der Waals surface area contributed by atoms with Gasteiger partial charge in [-0.15, -0.1) is 12.4 Å². The van der Waals surface area contributed by atoms with E-state index < -0.39 is 0 Å². The first-order valence-corrected chi connectivity index (χ1v) is 7.57. The van der Waals surface area contributed by atoms with Gasteiger partial charge in [-0.05, 0) is 12.5 Å². The molecule has 0 spiro atoms. The van der Waals surface area contributed by atoms with Gasteiger partial charge >= 0.3 is 0 Å². The highest BCUT2D eigenvalue weighted by atomic mass is 35.5. The Balaban J connectivity index is 0.00000242. The van der Waals surface area contributed by atoms with E-state index in [0.717, 1.165) is 39.0 Å². The fraction of sp³-hybridized carbons (Fsp3) is 0.625. The minimum Gasteiger partial charge on any atom is -0.493 e. The molecule has 126 valence electrons. The Morgan fingerprint density at radius 3 is 2.32 bits per heavy atom. The van der Waals surface area contributed by atoms with Crippen LogP contribution in [-0.2, 0) is 0 Å². The van der Waals surface area contributed by atoms with Crippen LogP contribution in [0.15, 0.2) is 12.1 Å². The molecule has 0 bridgehead atoms. The second kappa shape index (κ2) is 9.18. The maximum absolute atomic E-state index is 14.5. The molecule has 0 saturated carbocycles. The van der Waals surface area contributed by atoms with Crippen molar-refractivity contribution in [2.75, 3.05) is 40.4 Å². The highest BCUT2D eigenvalue weighted by molar-refractivity contribution is 5.85. The summed E-state index contributed by atoms with van der Waals surface area (Å²) in [5.41, 5.74) is 0.705. The van der Waals surface area contributed by atoms with Gasteiger partial charge in [0.15, 0.2) is 11.5 Å². The number of halogens is 2. The van der Waals surface area contributed by atoms with Crippen LogP contribution in [0.2, 0.25) is 0 Å². The number of rotatable bonds is 6. The van der Waals surface area contributed by atoms with Crippen molar-refractivity contribution in [1.29, 1.82) is 0 Å². The third-order valence-electron chi connectivity index (χ3n) is 4.02. The number of ether oxygens (including phenoxy) is 2. The quantitative estimate of drug-likeness (QED) is 0.868. The van der Waals surface area contributed by atoms with Crippen molar-refractivity contribution >= 4 is 12.4 Å². The van der Waals surface area contributed by atoms with Gasteiger partial charge in [-0.25, -0.2) is 4.39 Å². The van der Waals surface area contributed by atoms with Gasteiger partial charge in [0.2, 0.25) is 0 Å². The molecule has 6 heteroatoms. The normalized spacial score (nSPS) is 16.7. The van der Waals surface area contributed by atoms with Crippen LogP contribution < -0.4 is 14.8 Å². The fourth-order valence-corrected chi connectivity index (χ4v) is 2.93. The number of nitrogens with zero attached hydrogens (tertiary/aromatic N) is 1. The molecule has 4 nitrogen and oxygen atoms in total. The van der Waals surface area contributed by atoms with Crippen LogP contribution in [-0.4, -0.2) is 45.3 Å². The number of hydrogen-bond donors (Lipinski definition) is 1. The average Bonchev–Trinajstić information content (AvgIpc) is 2.53. The minimum atomic E-state index is -0.218. The van der Waals surface area contributed by atoms with E-state index in [4.69, 9.17) is 9.47 Å². The Bertz CT molecular complexity index is 468. The van der Waals surface area contributed by atoms with E-state index in [2.05, 4.69) is 17.1 Å². The third-order valence-corrected chi connectivity index (χ3v) is 4.02. The highest BCUT2D eigenvalue weighted by Crippen LogP contribution is 2.36. The van der Waals surface area contributed by atoms with Crippen molar-refractivity contribution < 1.29 is 13.9 Å². The Morgan fingerprint density at radius 2 is 1.77 bits per heavy atom. The van der Waals surface area contributed by atoms with E-state index in [1.54, 1.807) is 13.2 Å². The second-order valence-electron chi connectivity index (χ2n) is 5.32. The molecule has 0 unspecified atom stereocenters. The summed E-state index contributed by atoms with van der Waals surface area (Å²) in [6.07, 6.45) is 1.95. The lowest BCUT2D eigenvalue weighted by Gasteiger charge is -2.35. The lowest BCUT2D eigenvalue weighted by molar-refractivity contribution is 0.161. The molecule has 1 aromatic carbocycles. The molecule has 1 aromatic rings. The van der Waals surface area contributed by atoms with Gasteiger partial charge in [-0.2, -0.15) is 0 Å². The maximum Gasteiger partial charge on any atom is 0.163 e. The first-order chi connectivity index (χ1) is 10.2. The summed E-state index contributed by atoms with van der Waals surface area (Å²) in [5.74, 6) is 0.809. The summed E-state index contributed by atoms with van der Waals surface area (Å²) < 4.78 is 25.0. The Morgan fingerprint density at radius 1 is 1.18 bits per heavy atom. The number of nitrogens with one attached hydrogen (secondary N) is 1. The number of hydrogen-bond acceptors (Lipinski definition) is 4. The van der Waals surface area contributed by atoms with Gasteiger partial charge in [0.05, 0.1) is 14.2 Å². The van der Waals surface area contributed by atoms with E-state index in [1.165, 1.54) is 13.2 Å². The molecule has 1 heterocycles. The van der Waals surface area contributed by atoms with Crippen LogP contribution in [0.5, 0.6) is 11.5 Å². The molecule has 1 atom stereocenters. The second-order valence-corrected chi connectivity index (χ2v) is 5.32. The SMILES string of the molecule is CCC[C@H](c1cc(OC)c(OC)cc1F)N1CCNCC1.Cl. The zero-order valence-electron chi connectivity index (χ0n) is 13.5. The molecule has 0 radical (unpaired) electrons. The van der Waals surface area contributed by atoms with Gasteiger partial charge in [0, 0.05) is 43.9 Å². The monoisotopic (exact) mass is 332 g/mol. The largest absolute Gasteiger partial charge is 0.493 e. The van der Waals surface area contributed by atoms with Gasteiger partial charge in [-0.3, -0.25) is 4.90 Å². The zero-order chi connectivity index (χ0) is 15.2. The molecule has 1 fully saturated rings. The molecule has 0 aliphatic carbocycles. The molecule has 1 saturated heterocycles. The molecule has 0 aromatic heterocycles. The van der Waals surface area contributed by atoms with Crippen molar-refractivity contribution in [3.63, 3.8) is 0 Å². The van der Waals surface area contributed by atoms with E-state index in [0.29, 0.717) is 17.1 Å². The van der Waals surface area contributed by atoms with Crippen molar-refractivity contribution in [2.45, 2.75) is 25.8 Å². The van der Waals surface area contributed by atoms with E-state index in [9.17, 15) is 4.39 Å². The van der Waals surface area contributed by atoms with Crippen LogP contribution >= 0.6 is 12.4 Å². The molecule has 22 heavy (non-hydrogen) atoms. The molecule has 1 aliphatic rings. The fourth-order valence-electron chi connectivity index (χ4n) is 2.93. The summed E-state index contributed by atoms with van der Waals surface area (Å²) >= 11 is 0. The summed E-state index contributed by atoms with van der Waals surface area (Å²) in [7, 11) is 3.11. The lowest BCUT2D eigenvalue weighted by Crippen LogP contribution is -2.45. The van der Waals surface area contributed by atoms with Gasteiger partial charge in [0.1, 0.15) is 5.82 Å². The van der Waals surface area contributed by atoms with Crippen LogP contribution in [0.1, 0.15) is 31.4 Å². The predicted molar refractivity (Wildman–Crippen MR) is 88.8 cm³/mol. The first-order valence-electron chi connectivity index (χ1n) is 7.57. The third kappa shape index (κ3) is 4.24. The highest BCUT2D eigenvalue weighted by Gasteiger charge is 2.25. The first kappa shape index (κ1) is 19.0. The zero-order valence-corrected chi connectivity index (χ0v) is 14.3. The Labute approximate surface area is 138 Å². The number of benzene rings is 1. The van der Waals surface area contributed by atoms with E-state index in [1.807, 2.05) is 0 Å². The van der Waals surface area contributed by atoms with Crippen molar-refractivity contribution in [2.24, 2.45) is 0 Å². The molecule has 1 aliphatic heterocycles. The van der Waals surface area contributed by atoms with Crippen LogP contribution in [0.25, 0.3) is 0 Å². The van der Waals surface area contributed by atoms with Crippen molar-refractivity contribution in [3.8, 4) is 11.5 Å². The van der Waals surface area contributed by atoms with Gasteiger partial charge in [-0.1, -0.05) is 13.3 Å². The van der Waals surface area contributed by atoms with Gasteiger partial charge < -0.3 is 14.8 Å². The summed E-state index contributed by atoms with van der Waals surface area (Å²) in [6.45, 7) is 5.93. The Hall–Kier alpha value is -1.04. The standard InChI is InChI=1S/C16H25FN2O2.ClH/c1-4-5-14(19-8-6-18-7-9-19)12-10-15(20-2)16(21-3)11-13(12)17;/h10-11,14,18H,4-9H2,1-3H3;1H/t14-;/m1./s1. The van der Waals surface area contributed by atoms with Crippen molar-refractivity contribution in [1.82, 2.24) is 10.2 Å². The van der Waals surface area contributed by atoms with Crippen molar-refractivity contribution in [3.05, 3.63) is 23.5 Å². The van der Waals surface area contributed by atoms with E-state index >= 15 is 0 Å². The smallest absolute Gasteiger partial charge is 0.163 e. The van der Waals surface area contributed by atoms with Gasteiger partial charge in [0.25, 0.3) is 0 Å². The Kier molecular flexibility index (Phi) is 7.93. The topological polar surface area (TPSA) is 33.7 Å². The summed E-state index contributed by atoms with van der Waals surface area (Å²) in [6, 6.07) is 3.31. The number of methoxy groups -OCH3 is 2. The van der Waals surface area contributed by atoms with Crippen LogP contribution in [0, 0.1) is 5.82 Å². The van der Waals surface area contributed by atoms with E-state index in [-0.39, 0.29) is 24.3 Å². The number of piperazine rings is 1.